The van der Waals surface area contributed by atoms with Gasteiger partial charge in [-0.25, -0.2) is 9.97 Å². The van der Waals surface area contributed by atoms with E-state index in [2.05, 4.69) is 25.2 Å². The summed E-state index contributed by atoms with van der Waals surface area (Å²) in [5, 5.41) is 3.78. The third-order valence-corrected chi connectivity index (χ3v) is 4.25. The minimum absolute atomic E-state index is 0.543. The van der Waals surface area contributed by atoms with Crippen molar-refractivity contribution in [3.63, 3.8) is 0 Å². The lowest BCUT2D eigenvalue weighted by molar-refractivity contribution is 0.415. The highest BCUT2D eigenvalue weighted by Crippen LogP contribution is 2.28. The van der Waals surface area contributed by atoms with E-state index in [1.54, 1.807) is 19.5 Å². The van der Waals surface area contributed by atoms with Crippen molar-refractivity contribution >= 4 is 28.9 Å². The molecule has 0 amide bonds. The molecular weight excluding hydrogens is 350 g/mol. The van der Waals surface area contributed by atoms with Gasteiger partial charge in [-0.2, -0.15) is 0 Å². The average Bonchev–Trinajstić information content (AvgIpc) is 2.67. The average molecular weight is 370 g/mol. The molecule has 26 heavy (non-hydrogen) atoms. The summed E-state index contributed by atoms with van der Waals surface area (Å²) >= 11 is 6.17. The summed E-state index contributed by atoms with van der Waals surface area (Å²) < 4.78 is 5.17. The van der Waals surface area contributed by atoms with E-state index < -0.39 is 0 Å². The SMILES string of the molecule is COc1ccc(Nc2cc(N(C)CCc3ccncc3)ncn2)cc1Cl. The van der Waals surface area contributed by atoms with Gasteiger partial charge < -0.3 is 15.0 Å². The second kappa shape index (κ2) is 8.49. The summed E-state index contributed by atoms with van der Waals surface area (Å²) in [7, 11) is 3.60. The normalized spacial score (nSPS) is 10.4. The lowest BCUT2D eigenvalue weighted by Crippen LogP contribution is -2.21. The van der Waals surface area contributed by atoms with Crippen LogP contribution in [0, 0.1) is 0 Å². The van der Waals surface area contributed by atoms with Crippen LogP contribution in [-0.4, -0.2) is 35.7 Å². The predicted octanol–water partition coefficient (Wildman–Crippen LogP) is 3.96. The fourth-order valence-corrected chi connectivity index (χ4v) is 2.73. The van der Waals surface area contributed by atoms with Crippen LogP contribution in [0.25, 0.3) is 0 Å². The number of nitrogens with zero attached hydrogens (tertiary/aromatic N) is 4. The Morgan fingerprint density at radius 3 is 2.65 bits per heavy atom. The number of nitrogens with one attached hydrogen (secondary N) is 1. The van der Waals surface area contributed by atoms with Crippen LogP contribution in [-0.2, 0) is 6.42 Å². The number of halogens is 1. The van der Waals surface area contributed by atoms with Gasteiger partial charge in [0.05, 0.1) is 12.1 Å². The van der Waals surface area contributed by atoms with Crippen LogP contribution in [0.1, 0.15) is 5.56 Å². The number of rotatable bonds is 7. The third-order valence-electron chi connectivity index (χ3n) is 3.95. The van der Waals surface area contributed by atoms with Gasteiger partial charge in [0.1, 0.15) is 23.7 Å². The monoisotopic (exact) mass is 369 g/mol. The summed E-state index contributed by atoms with van der Waals surface area (Å²) in [5.41, 5.74) is 2.08. The van der Waals surface area contributed by atoms with Crippen LogP contribution >= 0.6 is 11.6 Å². The molecule has 0 aliphatic rings. The van der Waals surface area contributed by atoms with Crippen molar-refractivity contribution in [2.45, 2.75) is 6.42 Å². The molecule has 0 aliphatic heterocycles. The van der Waals surface area contributed by atoms with Gasteiger partial charge >= 0.3 is 0 Å². The molecule has 3 aromatic rings. The number of pyridine rings is 1. The Kier molecular flexibility index (Phi) is 5.86. The van der Waals surface area contributed by atoms with E-state index >= 15 is 0 Å². The van der Waals surface area contributed by atoms with Crippen LogP contribution < -0.4 is 15.0 Å². The fourth-order valence-electron chi connectivity index (χ4n) is 2.48. The number of methoxy groups -OCH3 is 1. The van der Waals surface area contributed by atoms with Gasteiger partial charge in [0, 0.05) is 37.7 Å². The van der Waals surface area contributed by atoms with Crippen LogP contribution in [0.15, 0.2) is 55.1 Å². The van der Waals surface area contributed by atoms with Gasteiger partial charge in [-0.05, 0) is 42.3 Å². The molecule has 0 spiro atoms. The van der Waals surface area contributed by atoms with Crippen molar-refractivity contribution in [3.8, 4) is 5.75 Å². The second-order valence-electron chi connectivity index (χ2n) is 5.76. The Labute approximate surface area is 157 Å². The Balaban J connectivity index is 1.66. The Morgan fingerprint density at radius 1 is 1.12 bits per heavy atom. The molecule has 134 valence electrons. The van der Waals surface area contributed by atoms with E-state index in [1.807, 2.05) is 49.8 Å². The number of hydrogen-bond acceptors (Lipinski definition) is 6. The van der Waals surface area contributed by atoms with Gasteiger partial charge in [-0.1, -0.05) is 11.6 Å². The Hall–Kier alpha value is -2.86. The number of ether oxygens (including phenoxy) is 1. The highest BCUT2D eigenvalue weighted by Gasteiger charge is 2.07. The number of anilines is 3. The zero-order valence-electron chi connectivity index (χ0n) is 14.7. The summed E-state index contributed by atoms with van der Waals surface area (Å²) in [5.74, 6) is 2.18. The van der Waals surface area contributed by atoms with Crippen molar-refractivity contribution in [2.24, 2.45) is 0 Å². The molecule has 7 heteroatoms. The first-order valence-electron chi connectivity index (χ1n) is 8.18. The van der Waals surface area contributed by atoms with E-state index in [1.165, 1.54) is 5.56 Å². The smallest absolute Gasteiger partial charge is 0.137 e. The Morgan fingerprint density at radius 2 is 1.92 bits per heavy atom. The van der Waals surface area contributed by atoms with Crippen LogP contribution in [0.4, 0.5) is 17.3 Å². The number of benzene rings is 1. The van der Waals surface area contributed by atoms with E-state index in [0.29, 0.717) is 16.6 Å². The van der Waals surface area contributed by atoms with Crippen LogP contribution in [0.5, 0.6) is 5.75 Å². The van der Waals surface area contributed by atoms with Gasteiger partial charge in [0.15, 0.2) is 0 Å². The first kappa shape index (κ1) is 17.9. The van der Waals surface area contributed by atoms with E-state index in [9.17, 15) is 0 Å². The zero-order valence-corrected chi connectivity index (χ0v) is 15.4. The zero-order chi connectivity index (χ0) is 18.4. The molecule has 0 fully saturated rings. The molecule has 0 saturated carbocycles. The summed E-state index contributed by atoms with van der Waals surface area (Å²) in [6.45, 7) is 0.842. The first-order chi connectivity index (χ1) is 12.7. The minimum atomic E-state index is 0.543. The molecule has 2 heterocycles. The molecule has 0 radical (unpaired) electrons. The molecule has 0 atom stereocenters. The molecule has 2 aromatic heterocycles. The molecule has 0 unspecified atom stereocenters. The first-order valence-corrected chi connectivity index (χ1v) is 8.56. The molecule has 6 nitrogen and oxygen atoms in total. The highest BCUT2D eigenvalue weighted by molar-refractivity contribution is 6.32. The maximum atomic E-state index is 6.17. The predicted molar refractivity (Wildman–Crippen MR) is 105 cm³/mol. The van der Waals surface area contributed by atoms with Crippen LogP contribution in [0.3, 0.4) is 0 Å². The molecule has 0 saturated heterocycles. The van der Waals surface area contributed by atoms with Crippen molar-refractivity contribution in [1.29, 1.82) is 0 Å². The maximum Gasteiger partial charge on any atom is 0.137 e. The number of aromatic nitrogens is 3. The van der Waals surface area contributed by atoms with E-state index in [0.717, 1.165) is 24.5 Å². The molecule has 1 N–H and O–H groups in total. The van der Waals surface area contributed by atoms with Gasteiger partial charge in [0.2, 0.25) is 0 Å². The largest absolute Gasteiger partial charge is 0.495 e. The molecule has 1 aromatic carbocycles. The number of likely N-dealkylation sites (N-methyl/N-ethyl adjacent to an activating group) is 1. The highest BCUT2D eigenvalue weighted by atomic mass is 35.5. The number of hydrogen-bond donors (Lipinski definition) is 1. The lowest BCUT2D eigenvalue weighted by atomic mass is 10.2. The Bertz CT molecular complexity index is 860. The summed E-state index contributed by atoms with van der Waals surface area (Å²) in [6, 6.07) is 11.5. The lowest BCUT2D eigenvalue weighted by Gasteiger charge is -2.18. The van der Waals surface area contributed by atoms with Crippen LogP contribution in [0.2, 0.25) is 5.02 Å². The topological polar surface area (TPSA) is 63.2 Å². The molecule has 0 bridgehead atoms. The molecule has 3 rings (SSSR count). The van der Waals surface area contributed by atoms with Crippen molar-refractivity contribution in [1.82, 2.24) is 15.0 Å². The van der Waals surface area contributed by atoms with Gasteiger partial charge in [-0.15, -0.1) is 0 Å². The maximum absolute atomic E-state index is 6.17. The fraction of sp³-hybridized carbons (Fsp3) is 0.211. The standard InChI is InChI=1S/C19H20ClN5O/c1-25(10-7-14-5-8-21-9-6-14)19-12-18(22-13-23-19)24-15-3-4-17(26-2)16(20)11-15/h3-6,8-9,11-13H,7,10H2,1-2H3,(H,22,23,24). The minimum Gasteiger partial charge on any atom is -0.495 e. The van der Waals surface area contributed by atoms with E-state index in [-0.39, 0.29) is 0 Å². The summed E-state index contributed by atoms with van der Waals surface area (Å²) in [4.78, 5) is 14.8. The molecule has 0 aliphatic carbocycles. The van der Waals surface area contributed by atoms with E-state index in [4.69, 9.17) is 16.3 Å². The molecular formula is C19H20ClN5O. The van der Waals surface area contributed by atoms with Gasteiger partial charge in [-0.3, -0.25) is 4.98 Å². The van der Waals surface area contributed by atoms with Crippen molar-refractivity contribution in [2.75, 3.05) is 30.9 Å². The van der Waals surface area contributed by atoms with Gasteiger partial charge in [0.25, 0.3) is 0 Å². The second-order valence-corrected chi connectivity index (χ2v) is 6.17. The van der Waals surface area contributed by atoms with Crippen molar-refractivity contribution < 1.29 is 4.74 Å². The quantitative estimate of drug-likeness (QED) is 0.680. The third kappa shape index (κ3) is 4.61. The summed E-state index contributed by atoms with van der Waals surface area (Å²) in [6.07, 6.45) is 6.08. The van der Waals surface area contributed by atoms with Crippen molar-refractivity contribution in [3.05, 3.63) is 65.7 Å².